The minimum atomic E-state index is -1.87. The average molecular weight is 208 g/mol. The topological polar surface area (TPSA) is 130 Å². The SMILES string of the molecule is O=C(O)COOC(=O)C(O)CC(=O)O. The van der Waals surface area contributed by atoms with Crippen molar-refractivity contribution < 1.29 is 39.5 Å². The molecule has 0 rings (SSSR count). The highest BCUT2D eigenvalue weighted by molar-refractivity contribution is 5.80. The number of rotatable bonds is 6. The van der Waals surface area contributed by atoms with Crippen molar-refractivity contribution in [1.82, 2.24) is 0 Å². The van der Waals surface area contributed by atoms with Crippen LogP contribution in [0.4, 0.5) is 0 Å². The average Bonchev–Trinajstić information content (AvgIpc) is 2.01. The van der Waals surface area contributed by atoms with Gasteiger partial charge in [-0.05, 0) is 0 Å². The van der Waals surface area contributed by atoms with E-state index in [9.17, 15) is 14.4 Å². The summed E-state index contributed by atoms with van der Waals surface area (Å²) in [4.78, 5) is 38.1. The lowest BCUT2D eigenvalue weighted by molar-refractivity contribution is -0.277. The number of aliphatic carboxylic acids is 2. The number of carbonyl (C=O) groups is 3. The Kier molecular flexibility index (Phi) is 5.19. The third-order valence-electron chi connectivity index (χ3n) is 0.964. The molecule has 0 spiro atoms. The molecule has 14 heavy (non-hydrogen) atoms. The first-order chi connectivity index (χ1) is 6.43. The van der Waals surface area contributed by atoms with Gasteiger partial charge in [0.05, 0.1) is 6.42 Å². The molecule has 0 radical (unpaired) electrons. The van der Waals surface area contributed by atoms with E-state index in [0.717, 1.165) is 0 Å². The van der Waals surface area contributed by atoms with Crippen molar-refractivity contribution in [2.75, 3.05) is 6.61 Å². The second-order valence-electron chi connectivity index (χ2n) is 2.17. The molecular weight excluding hydrogens is 200 g/mol. The molecule has 80 valence electrons. The third kappa shape index (κ3) is 5.91. The van der Waals surface area contributed by atoms with Gasteiger partial charge in [-0.25, -0.2) is 9.59 Å². The maximum absolute atomic E-state index is 10.6. The fourth-order valence-electron chi connectivity index (χ4n) is 0.442. The van der Waals surface area contributed by atoms with E-state index in [0.29, 0.717) is 0 Å². The van der Waals surface area contributed by atoms with Crippen molar-refractivity contribution in [1.29, 1.82) is 0 Å². The summed E-state index contributed by atoms with van der Waals surface area (Å²) in [6.45, 7) is -0.883. The van der Waals surface area contributed by atoms with Crippen LogP contribution >= 0.6 is 0 Å². The van der Waals surface area contributed by atoms with Crippen LogP contribution in [-0.4, -0.2) is 45.9 Å². The molecule has 0 aromatic heterocycles. The molecule has 0 amide bonds. The summed E-state index contributed by atoms with van der Waals surface area (Å²) in [5, 5.41) is 25.0. The Bertz CT molecular complexity index is 234. The number of hydrogen-bond acceptors (Lipinski definition) is 6. The van der Waals surface area contributed by atoms with Crippen LogP contribution in [-0.2, 0) is 24.2 Å². The second-order valence-corrected chi connectivity index (χ2v) is 2.17. The van der Waals surface area contributed by atoms with Gasteiger partial charge in [0.2, 0.25) is 0 Å². The van der Waals surface area contributed by atoms with Crippen LogP contribution in [0.2, 0.25) is 0 Å². The first-order valence-electron chi connectivity index (χ1n) is 3.38. The monoisotopic (exact) mass is 208 g/mol. The van der Waals surface area contributed by atoms with Gasteiger partial charge in [0.1, 0.15) is 0 Å². The Morgan fingerprint density at radius 3 is 2.14 bits per heavy atom. The van der Waals surface area contributed by atoms with Gasteiger partial charge in [0, 0.05) is 0 Å². The van der Waals surface area contributed by atoms with Crippen molar-refractivity contribution in [3.8, 4) is 0 Å². The van der Waals surface area contributed by atoms with E-state index in [1.807, 2.05) is 0 Å². The Hall–Kier alpha value is -1.67. The van der Waals surface area contributed by atoms with Crippen molar-refractivity contribution in [2.24, 2.45) is 0 Å². The summed E-state index contributed by atoms with van der Waals surface area (Å²) in [7, 11) is 0. The van der Waals surface area contributed by atoms with Gasteiger partial charge in [0.25, 0.3) is 0 Å². The molecule has 0 aromatic rings. The van der Waals surface area contributed by atoms with Crippen LogP contribution in [0.3, 0.4) is 0 Å². The molecule has 0 saturated heterocycles. The molecule has 0 aliphatic rings. The van der Waals surface area contributed by atoms with Gasteiger partial charge in [-0.2, -0.15) is 4.89 Å². The van der Waals surface area contributed by atoms with Crippen LogP contribution in [0, 0.1) is 0 Å². The molecule has 0 heterocycles. The zero-order chi connectivity index (χ0) is 11.1. The fraction of sp³-hybridized carbons (Fsp3) is 0.500. The lowest BCUT2D eigenvalue weighted by Gasteiger charge is -2.05. The first kappa shape index (κ1) is 12.3. The van der Waals surface area contributed by atoms with Gasteiger partial charge in [-0.3, -0.25) is 9.68 Å². The van der Waals surface area contributed by atoms with E-state index in [-0.39, 0.29) is 0 Å². The third-order valence-corrected chi connectivity index (χ3v) is 0.964. The highest BCUT2D eigenvalue weighted by Crippen LogP contribution is 1.95. The van der Waals surface area contributed by atoms with Gasteiger partial charge in [-0.1, -0.05) is 0 Å². The molecule has 0 aliphatic carbocycles. The van der Waals surface area contributed by atoms with Crippen LogP contribution in [0.15, 0.2) is 0 Å². The van der Waals surface area contributed by atoms with E-state index in [1.165, 1.54) is 0 Å². The Morgan fingerprint density at radius 1 is 1.14 bits per heavy atom. The number of hydrogen-bond donors (Lipinski definition) is 3. The summed E-state index contributed by atoms with van der Waals surface area (Å²) in [6, 6.07) is 0. The van der Waals surface area contributed by atoms with Crippen molar-refractivity contribution in [3.63, 3.8) is 0 Å². The lowest BCUT2D eigenvalue weighted by Crippen LogP contribution is -2.26. The van der Waals surface area contributed by atoms with Gasteiger partial charge < -0.3 is 15.3 Å². The Balaban J connectivity index is 3.73. The standard InChI is InChI=1S/C6H8O8/c7-3(1-4(8)9)6(12)14-13-2-5(10)11/h3,7H,1-2H2,(H,8,9)(H,10,11). The highest BCUT2D eigenvalue weighted by atomic mass is 17.2. The molecule has 0 saturated carbocycles. The molecule has 0 bridgehead atoms. The maximum Gasteiger partial charge on any atom is 0.371 e. The van der Waals surface area contributed by atoms with Gasteiger partial charge >= 0.3 is 17.9 Å². The van der Waals surface area contributed by atoms with Crippen molar-refractivity contribution >= 4 is 17.9 Å². The molecule has 0 aliphatic heterocycles. The molecule has 3 N–H and O–H groups in total. The molecule has 8 heteroatoms. The Morgan fingerprint density at radius 2 is 1.71 bits per heavy atom. The summed E-state index contributed by atoms with van der Waals surface area (Å²) < 4.78 is 0. The Labute approximate surface area is 77.6 Å². The van der Waals surface area contributed by atoms with Crippen LogP contribution in [0.5, 0.6) is 0 Å². The zero-order valence-electron chi connectivity index (χ0n) is 6.87. The molecule has 8 nitrogen and oxygen atoms in total. The number of aliphatic hydroxyl groups is 1. The second kappa shape index (κ2) is 5.89. The smallest absolute Gasteiger partial charge is 0.371 e. The molecule has 0 fully saturated rings. The molecular formula is C6H8O8. The summed E-state index contributed by atoms with van der Waals surface area (Å²) in [5.74, 6) is -4.12. The van der Waals surface area contributed by atoms with Crippen LogP contribution in [0.25, 0.3) is 0 Å². The predicted octanol–water partition coefficient (Wildman–Crippen LogP) is -1.62. The van der Waals surface area contributed by atoms with E-state index in [1.54, 1.807) is 0 Å². The lowest BCUT2D eigenvalue weighted by atomic mass is 10.3. The van der Waals surface area contributed by atoms with Crippen LogP contribution in [0.1, 0.15) is 6.42 Å². The van der Waals surface area contributed by atoms with Crippen LogP contribution < -0.4 is 0 Å². The first-order valence-corrected chi connectivity index (χ1v) is 3.38. The summed E-state index contributed by atoms with van der Waals surface area (Å²) in [5.41, 5.74) is 0. The zero-order valence-corrected chi connectivity index (χ0v) is 6.87. The predicted molar refractivity (Wildman–Crippen MR) is 37.9 cm³/mol. The number of aliphatic hydroxyl groups excluding tert-OH is 1. The van der Waals surface area contributed by atoms with Gasteiger partial charge in [-0.15, -0.1) is 0 Å². The van der Waals surface area contributed by atoms with E-state index in [2.05, 4.69) is 9.78 Å². The van der Waals surface area contributed by atoms with E-state index >= 15 is 0 Å². The maximum atomic E-state index is 10.6. The van der Waals surface area contributed by atoms with E-state index < -0.39 is 37.0 Å². The van der Waals surface area contributed by atoms with Crippen molar-refractivity contribution in [2.45, 2.75) is 12.5 Å². The summed E-state index contributed by atoms with van der Waals surface area (Å²) in [6.07, 6.45) is -2.71. The number of carbonyl (C=O) groups excluding carboxylic acids is 1. The minimum Gasteiger partial charge on any atom is -0.481 e. The highest BCUT2D eigenvalue weighted by Gasteiger charge is 2.21. The van der Waals surface area contributed by atoms with E-state index in [4.69, 9.17) is 15.3 Å². The quantitative estimate of drug-likeness (QED) is 0.350. The fourth-order valence-corrected chi connectivity index (χ4v) is 0.442. The normalized spacial score (nSPS) is 11.8. The largest absolute Gasteiger partial charge is 0.481 e. The molecule has 0 aromatic carbocycles. The van der Waals surface area contributed by atoms with Gasteiger partial charge in [0.15, 0.2) is 12.7 Å². The number of carboxylic acid groups (broad SMARTS) is 2. The number of carboxylic acids is 2. The van der Waals surface area contributed by atoms with Crippen molar-refractivity contribution in [3.05, 3.63) is 0 Å². The molecule has 1 unspecified atom stereocenters. The molecule has 1 atom stereocenters. The minimum absolute atomic E-state index is 0.838. The summed E-state index contributed by atoms with van der Waals surface area (Å²) >= 11 is 0.